The van der Waals surface area contributed by atoms with Crippen molar-refractivity contribution in [1.82, 2.24) is 20.6 Å². The van der Waals surface area contributed by atoms with Crippen LogP contribution >= 0.6 is 0 Å². The number of nitrogens with one attached hydrogen (secondary N) is 1. The molecule has 0 unspecified atom stereocenters. The molecule has 1 N–H and O–H groups in total. The molecule has 1 saturated heterocycles. The van der Waals surface area contributed by atoms with Crippen LogP contribution < -0.4 is 5.43 Å². The number of morpholine rings is 1. The zero-order valence-corrected chi connectivity index (χ0v) is 10.6. The molecule has 2 aromatic rings. The first-order valence-corrected chi connectivity index (χ1v) is 6.36. The third kappa shape index (κ3) is 3.17. The molecule has 1 fully saturated rings. The first-order chi connectivity index (χ1) is 9.42. The van der Waals surface area contributed by atoms with Gasteiger partial charge < -0.3 is 9.15 Å². The van der Waals surface area contributed by atoms with Crippen molar-refractivity contribution in [2.45, 2.75) is 6.54 Å². The van der Waals surface area contributed by atoms with Gasteiger partial charge in [-0.1, -0.05) is 18.2 Å². The number of rotatable bonds is 4. The highest BCUT2D eigenvalue weighted by Gasteiger charge is 2.12. The lowest BCUT2D eigenvalue weighted by atomic mass is 10.2. The molecule has 3 rings (SSSR count). The summed E-state index contributed by atoms with van der Waals surface area (Å²) >= 11 is 0. The van der Waals surface area contributed by atoms with Crippen LogP contribution in [0.25, 0.3) is 11.5 Å². The summed E-state index contributed by atoms with van der Waals surface area (Å²) in [4.78, 5) is 0. The van der Waals surface area contributed by atoms with Crippen molar-refractivity contribution in [3.8, 4) is 11.5 Å². The third-order valence-corrected chi connectivity index (χ3v) is 2.95. The SMILES string of the molecule is c1ccc(-c2nnc(CNN3CCOCC3)o2)cc1. The van der Waals surface area contributed by atoms with E-state index in [1.54, 1.807) is 0 Å². The van der Waals surface area contributed by atoms with Gasteiger partial charge in [0.1, 0.15) is 0 Å². The van der Waals surface area contributed by atoms with Crippen LogP contribution in [-0.2, 0) is 11.3 Å². The summed E-state index contributed by atoms with van der Waals surface area (Å²) in [5, 5.41) is 10.2. The summed E-state index contributed by atoms with van der Waals surface area (Å²) in [6.45, 7) is 3.80. The second kappa shape index (κ2) is 5.92. The Hall–Kier alpha value is -1.76. The fourth-order valence-corrected chi connectivity index (χ4v) is 1.92. The summed E-state index contributed by atoms with van der Waals surface area (Å²) in [5.41, 5.74) is 4.20. The smallest absolute Gasteiger partial charge is 0.247 e. The van der Waals surface area contributed by atoms with E-state index >= 15 is 0 Å². The number of hydrazine groups is 1. The van der Waals surface area contributed by atoms with Crippen molar-refractivity contribution in [3.63, 3.8) is 0 Å². The highest BCUT2D eigenvalue weighted by Crippen LogP contribution is 2.16. The number of hydrogen-bond acceptors (Lipinski definition) is 6. The molecule has 0 atom stereocenters. The predicted octanol–water partition coefficient (Wildman–Crippen LogP) is 1.07. The van der Waals surface area contributed by atoms with Crippen LogP contribution in [0.5, 0.6) is 0 Å². The van der Waals surface area contributed by atoms with Crippen LogP contribution in [0.2, 0.25) is 0 Å². The number of hydrogen-bond donors (Lipinski definition) is 1. The van der Waals surface area contributed by atoms with Crippen molar-refractivity contribution in [2.24, 2.45) is 0 Å². The molecule has 0 amide bonds. The Kier molecular flexibility index (Phi) is 3.83. The van der Waals surface area contributed by atoms with E-state index in [2.05, 4.69) is 20.6 Å². The lowest BCUT2D eigenvalue weighted by molar-refractivity contribution is 0.00917. The van der Waals surface area contributed by atoms with E-state index in [4.69, 9.17) is 9.15 Å². The van der Waals surface area contributed by atoms with Crippen LogP contribution in [-0.4, -0.2) is 41.5 Å². The van der Waals surface area contributed by atoms with Gasteiger partial charge in [-0.15, -0.1) is 10.2 Å². The van der Waals surface area contributed by atoms with Gasteiger partial charge in [0.2, 0.25) is 11.8 Å². The topological polar surface area (TPSA) is 63.4 Å². The lowest BCUT2D eigenvalue weighted by Gasteiger charge is -2.26. The highest BCUT2D eigenvalue weighted by molar-refractivity contribution is 5.51. The maximum atomic E-state index is 5.62. The summed E-state index contributed by atoms with van der Waals surface area (Å²) in [6.07, 6.45) is 0. The molecule has 1 aliphatic rings. The largest absolute Gasteiger partial charge is 0.419 e. The zero-order chi connectivity index (χ0) is 12.9. The molecule has 1 aromatic carbocycles. The van der Waals surface area contributed by atoms with Crippen molar-refractivity contribution in [1.29, 1.82) is 0 Å². The molecule has 100 valence electrons. The highest BCUT2D eigenvalue weighted by atomic mass is 16.5. The van der Waals surface area contributed by atoms with Gasteiger partial charge in [-0.05, 0) is 12.1 Å². The average Bonchev–Trinajstić information content (AvgIpc) is 2.96. The van der Waals surface area contributed by atoms with Crippen LogP contribution in [0.3, 0.4) is 0 Å². The van der Waals surface area contributed by atoms with Crippen molar-refractivity contribution >= 4 is 0 Å². The van der Waals surface area contributed by atoms with E-state index in [1.807, 2.05) is 30.3 Å². The average molecular weight is 260 g/mol. The summed E-state index contributed by atoms with van der Waals surface area (Å²) in [7, 11) is 0. The molecular formula is C13H16N4O2. The molecule has 0 spiro atoms. The van der Waals surface area contributed by atoms with Gasteiger partial charge in [0.15, 0.2) is 0 Å². The van der Waals surface area contributed by atoms with Crippen LogP contribution in [0.4, 0.5) is 0 Å². The standard InChI is InChI=1S/C13H16N4O2/c1-2-4-11(5-3-1)13-16-15-12(19-13)10-14-17-6-8-18-9-7-17/h1-5,14H,6-10H2. The quantitative estimate of drug-likeness (QED) is 0.887. The molecule has 19 heavy (non-hydrogen) atoms. The molecule has 1 aliphatic heterocycles. The second-order valence-electron chi connectivity index (χ2n) is 4.30. The number of nitrogens with zero attached hydrogens (tertiary/aromatic N) is 3. The minimum atomic E-state index is 0.542. The van der Waals surface area contributed by atoms with E-state index in [0.29, 0.717) is 18.3 Å². The fraction of sp³-hybridized carbons (Fsp3) is 0.385. The van der Waals surface area contributed by atoms with Gasteiger partial charge in [-0.3, -0.25) is 0 Å². The molecule has 6 heteroatoms. The fourth-order valence-electron chi connectivity index (χ4n) is 1.92. The lowest BCUT2D eigenvalue weighted by Crippen LogP contribution is -2.45. The molecule has 6 nitrogen and oxygen atoms in total. The van der Waals surface area contributed by atoms with Crippen molar-refractivity contribution < 1.29 is 9.15 Å². The second-order valence-corrected chi connectivity index (χ2v) is 4.30. The van der Waals surface area contributed by atoms with Crippen LogP contribution in [0.15, 0.2) is 34.7 Å². The predicted molar refractivity (Wildman–Crippen MR) is 69.0 cm³/mol. The van der Waals surface area contributed by atoms with Crippen LogP contribution in [0, 0.1) is 0 Å². The summed E-state index contributed by atoms with van der Waals surface area (Å²) < 4.78 is 10.9. The minimum Gasteiger partial charge on any atom is -0.419 e. The first kappa shape index (κ1) is 12.3. The molecule has 2 heterocycles. The minimum absolute atomic E-state index is 0.542. The number of benzene rings is 1. The Bertz CT molecular complexity index is 508. The number of ether oxygens (including phenoxy) is 1. The van der Waals surface area contributed by atoms with Gasteiger partial charge in [0.25, 0.3) is 0 Å². The number of aromatic nitrogens is 2. The van der Waals surface area contributed by atoms with E-state index in [0.717, 1.165) is 31.9 Å². The Morgan fingerprint density at radius 2 is 1.89 bits per heavy atom. The Balaban J connectivity index is 1.59. The third-order valence-electron chi connectivity index (χ3n) is 2.95. The van der Waals surface area contributed by atoms with Gasteiger partial charge in [0.05, 0.1) is 19.8 Å². The van der Waals surface area contributed by atoms with E-state index in [9.17, 15) is 0 Å². The van der Waals surface area contributed by atoms with Gasteiger partial charge in [-0.2, -0.15) is 0 Å². The molecule has 0 saturated carbocycles. The van der Waals surface area contributed by atoms with Crippen LogP contribution in [0.1, 0.15) is 5.89 Å². The van der Waals surface area contributed by atoms with Gasteiger partial charge in [0, 0.05) is 18.7 Å². The van der Waals surface area contributed by atoms with Crippen molar-refractivity contribution in [2.75, 3.05) is 26.3 Å². The molecule has 0 radical (unpaired) electrons. The molecule has 0 aliphatic carbocycles. The first-order valence-electron chi connectivity index (χ1n) is 6.36. The maximum absolute atomic E-state index is 5.62. The summed E-state index contributed by atoms with van der Waals surface area (Å²) in [6, 6.07) is 9.76. The Morgan fingerprint density at radius 3 is 2.68 bits per heavy atom. The normalized spacial score (nSPS) is 16.6. The Morgan fingerprint density at radius 1 is 1.11 bits per heavy atom. The molecular weight excluding hydrogens is 244 g/mol. The maximum Gasteiger partial charge on any atom is 0.247 e. The van der Waals surface area contributed by atoms with Gasteiger partial charge >= 0.3 is 0 Å². The van der Waals surface area contributed by atoms with E-state index in [-0.39, 0.29) is 0 Å². The Labute approximate surface area is 111 Å². The monoisotopic (exact) mass is 260 g/mol. The van der Waals surface area contributed by atoms with E-state index in [1.165, 1.54) is 0 Å². The molecule has 1 aromatic heterocycles. The summed E-state index contributed by atoms with van der Waals surface area (Å²) in [5.74, 6) is 1.14. The zero-order valence-electron chi connectivity index (χ0n) is 10.6. The van der Waals surface area contributed by atoms with Crippen molar-refractivity contribution in [3.05, 3.63) is 36.2 Å². The van der Waals surface area contributed by atoms with E-state index < -0.39 is 0 Å². The molecule has 0 bridgehead atoms. The van der Waals surface area contributed by atoms with Gasteiger partial charge in [-0.25, -0.2) is 10.4 Å².